The Labute approximate surface area is 183 Å². The summed E-state index contributed by atoms with van der Waals surface area (Å²) in [6.45, 7) is 8.58. The number of hydrogen-bond acceptors (Lipinski definition) is 9. The van der Waals surface area contributed by atoms with Gasteiger partial charge in [-0.3, -0.25) is 4.84 Å². The Balaban J connectivity index is 1.71. The molecule has 4 heterocycles. The Morgan fingerprint density at radius 2 is 2.03 bits per heavy atom. The third kappa shape index (κ3) is 5.92. The summed E-state index contributed by atoms with van der Waals surface area (Å²) < 4.78 is 12.6. The molecule has 3 aliphatic heterocycles. The summed E-state index contributed by atoms with van der Waals surface area (Å²) in [6, 6.07) is 0. The number of H-pyrrole nitrogens is 1. The van der Waals surface area contributed by atoms with Gasteiger partial charge in [-0.1, -0.05) is 31.9 Å². The van der Waals surface area contributed by atoms with Gasteiger partial charge in [0.2, 0.25) is 0 Å². The van der Waals surface area contributed by atoms with Gasteiger partial charge in [0.15, 0.2) is 12.1 Å². The van der Waals surface area contributed by atoms with Crippen molar-refractivity contribution in [3.63, 3.8) is 0 Å². The fourth-order valence-corrected chi connectivity index (χ4v) is 5.79. The molecule has 0 aromatic carbocycles. The van der Waals surface area contributed by atoms with E-state index in [9.17, 15) is 5.11 Å². The van der Waals surface area contributed by atoms with Gasteiger partial charge >= 0.3 is 0 Å². The maximum Gasteiger partial charge on any atom is 0.187 e. The molecule has 4 N–H and O–H groups in total. The maximum atomic E-state index is 11.0. The predicted molar refractivity (Wildman–Crippen MR) is 114 cm³/mol. The smallest absolute Gasteiger partial charge is 0.187 e. The molecule has 0 amide bonds. The number of fused-ring (bicyclic) bond motifs is 8. The van der Waals surface area contributed by atoms with Crippen molar-refractivity contribution in [2.45, 2.75) is 96.4 Å². The lowest BCUT2D eigenvalue weighted by atomic mass is 9.68. The van der Waals surface area contributed by atoms with Gasteiger partial charge in [-0.15, -0.1) is 10.2 Å². The molecule has 9 nitrogen and oxygen atoms in total. The summed E-state index contributed by atoms with van der Waals surface area (Å²) >= 11 is 1.82. The van der Waals surface area contributed by atoms with E-state index < -0.39 is 18.5 Å². The number of aryl methyl sites for hydroxylation is 1. The minimum absolute atomic E-state index is 0.0248. The summed E-state index contributed by atoms with van der Waals surface area (Å²) in [5.41, 5.74) is -0.464. The van der Waals surface area contributed by atoms with E-state index in [4.69, 9.17) is 20.2 Å². The van der Waals surface area contributed by atoms with Gasteiger partial charge in [-0.2, -0.15) is 17.0 Å². The number of aliphatic hydroxyl groups is 1. The van der Waals surface area contributed by atoms with E-state index in [2.05, 4.69) is 48.3 Å². The van der Waals surface area contributed by atoms with Gasteiger partial charge in [-0.05, 0) is 44.3 Å². The number of nitrogens with zero attached hydrogens (tertiary/aromatic N) is 3. The van der Waals surface area contributed by atoms with Crippen LogP contribution in [0.15, 0.2) is 0 Å². The molecule has 5 unspecified atom stereocenters. The molecule has 0 saturated carbocycles. The van der Waals surface area contributed by atoms with Crippen LogP contribution in [0, 0.1) is 11.3 Å². The first-order chi connectivity index (χ1) is 14.2. The molecule has 4 rings (SSSR count). The second kappa shape index (κ2) is 10.2. The molecule has 1 aromatic heterocycles. The molecule has 0 spiro atoms. The molecule has 0 aliphatic carbocycles. The standard InChI is InChI=1S/C20H37N5O4S/c1-19(2)9-5-6-10-20(3,4)28-18-16(26)17(29-21)15(19)13(27-18)12-30-11-7-8-14-22-24-25-23-14/h13,15-18,26H,5-12,21H2,1-4H3,(H,22,23,24,25). The SMILES string of the molecule is CC1(C)CCCCC(C)(C)C2C(CSCCCc3nn[nH]n3)OC(O1)C(O)C2ON. The van der Waals surface area contributed by atoms with E-state index in [0.717, 1.165) is 55.9 Å². The molecule has 2 bridgehead atoms. The number of aliphatic hydroxyl groups excluding tert-OH is 1. The largest absolute Gasteiger partial charge is 0.385 e. The van der Waals surface area contributed by atoms with Crippen LogP contribution in [0.1, 0.15) is 65.6 Å². The molecule has 5 atom stereocenters. The Kier molecular flexibility index (Phi) is 8.14. The highest BCUT2D eigenvalue weighted by molar-refractivity contribution is 7.99. The summed E-state index contributed by atoms with van der Waals surface area (Å²) in [6.07, 6.45) is 3.55. The number of aromatic amines is 1. The minimum Gasteiger partial charge on any atom is -0.385 e. The second-order valence-corrected chi connectivity index (χ2v) is 10.9. The fourth-order valence-electron chi connectivity index (χ4n) is 4.76. The summed E-state index contributed by atoms with van der Waals surface area (Å²) in [7, 11) is 0. The topological polar surface area (TPSA) is 128 Å². The van der Waals surface area contributed by atoms with Crippen LogP contribution < -0.4 is 5.90 Å². The molecule has 3 saturated heterocycles. The number of aromatic nitrogens is 4. The molecule has 3 fully saturated rings. The number of nitrogens with one attached hydrogen (secondary N) is 1. The first-order valence-electron chi connectivity index (χ1n) is 10.9. The highest BCUT2D eigenvalue weighted by atomic mass is 32.2. The van der Waals surface area contributed by atoms with Crippen molar-refractivity contribution >= 4 is 11.8 Å². The minimum atomic E-state index is -0.920. The quantitative estimate of drug-likeness (QED) is 0.429. The molecule has 30 heavy (non-hydrogen) atoms. The van der Waals surface area contributed by atoms with Crippen molar-refractivity contribution in [3.8, 4) is 0 Å². The maximum absolute atomic E-state index is 11.0. The van der Waals surface area contributed by atoms with E-state index >= 15 is 0 Å². The van der Waals surface area contributed by atoms with E-state index in [0.29, 0.717) is 0 Å². The number of tetrazole rings is 1. The average molecular weight is 444 g/mol. The molecule has 1 aromatic rings. The number of nitrogens with two attached hydrogens (primary N) is 1. The van der Waals surface area contributed by atoms with Crippen LogP contribution >= 0.6 is 11.8 Å². The summed E-state index contributed by atoms with van der Waals surface area (Å²) in [5, 5.41) is 25.0. The zero-order valence-electron chi connectivity index (χ0n) is 18.5. The van der Waals surface area contributed by atoms with Crippen LogP contribution in [0.5, 0.6) is 0 Å². The van der Waals surface area contributed by atoms with Gasteiger partial charge < -0.3 is 14.6 Å². The van der Waals surface area contributed by atoms with E-state index in [1.807, 2.05) is 11.8 Å². The van der Waals surface area contributed by atoms with Crippen molar-refractivity contribution in [1.29, 1.82) is 0 Å². The Bertz CT molecular complexity index is 645. The second-order valence-electron chi connectivity index (χ2n) is 9.74. The zero-order valence-corrected chi connectivity index (χ0v) is 19.4. The first-order valence-corrected chi connectivity index (χ1v) is 12.1. The van der Waals surface area contributed by atoms with E-state index in [-0.39, 0.29) is 23.0 Å². The molecular formula is C20H37N5O4S. The van der Waals surface area contributed by atoms with Gasteiger partial charge in [0.1, 0.15) is 12.2 Å². The summed E-state index contributed by atoms with van der Waals surface area (Å²) in [5.74, 6) is 8.16. The molecule has 172 valence electrons. The lowest BCUT2D eigenvalue weighted by molar-refractivity contribution is -0.322. The number of ether oxygens (including phenoxy) is 2. The lowest BCUT2D eigenvalue weighted by Gasteiger charge is -2.50. The fraction of sp³-hybridized carbons (Fsp3) is 0.950. The van der Waals surface area contributed by atoms with Crippen LogP contribution in [0.3, 0.4) is 0 Å². The number of rotatable bonds is 7. The normalized spacial score (nSPS) is 33.9. The number of thioether (sulfide) groups is 1. The highest BCUT2D eigenvalue weighted by Gasteiger charge is 2.53. The van der Waals surface area contributed by atoms with Gasteiger partial charge in [0.25, 0.3) is 0 Å². The monoisotopic (exact) mass is 443 g/mol. The Morgan fingerprint density at radius 1 is 1.27 bits per heavy atom. The molecule has 0 radical (unpaired) electrons. The van der Waals surface area contributed by atoms with Crippen molar-refractivity contribution in [2.24, 2.45) is 17.2 Å². The lowest BCUT2D eigenvalue weighted by Crippen LogP contribution is -2.62. The van der Waals surface area contributed by atoms with E-state index in [1.54, 1.807) is 0 Å². The number of hydrogen-bond donors (Lipinski definition) is 3. The van der Waals surface area contributed by atoms with Gasteiger partial charge in [-0.25, -0.2) is 5.90 Å². The third-order valence-electron chi connectivity index (χ3n) is 6.38. The van der Waals surface area contributed by atoms with Crippen molar-refractivity contribution < 1.29 is 19.4 Å². The van der Waals surface area contributed by atoms with Gasteiger partial charge in [0, 0.05) is 18.1 Å². The molecular weight excluding hydrogens is 406 g/mol. The average Bonchev–Trinajstić information content (AvgIpc) is 3.19. The van der Waals surface area contributed by atoms with Crippen LogP contribution in [0.2, 0.25) is 0 Å². The van der Waals surface area contributed by atoms with Crippen LogP contribution in [0.4, 0.5) is 0 Å². The predicted octanol–water partition coefficient (Wildman–Crippen LogP) is 2.22. The van der Waals surface area contributed by atoms with Crippen LogP contribution in [-0.2, 0) is 20.7 Å². The van der Waals surface area contributed by atoms with Crippen LogP contribution in [-0.4, -0.2) is 67.4 Å². The van der Waals surface area contributed by atoms with Crippen molar-refractivity contribution in [1.82, 2.24) is 20.6 Å². The molecule has 10 heteroatoms. The third-order valence-corrected chi connectivity index (χ3v) is 7.53. The van der Waals surface area contributed by atoms with Gasteiger partial charge in [0.05, 0.1) is 11.7 Å². The Morgan fingerprint density at radius 3 is 2.73 bits per heavy atom. The van der Waals surface area contributed by atoms with Crippen molar-refractivity contribution in [3.05, 3.63) is 5.82 Å². The van der Waals surface area contributed by atoms with Crippen molar-refractivity contribution in [2.75, 3.05) is 11.5 Å². The first kappa shape index (κ1) is 23.9. The van der Waals surface area contributed by atoms with E-state index in [1.165, 1.54) is 0 Å². The molecule has 3 aliphatic rings. The summed E-state index contributed by atoms with van der Waals surface area (Å²) in [4.78, 5) is 5.37. The van der Waals surface area contributed by atoms with Crippen LogP contribution in [0.25, 0.3) is 0 Å². The zero-order chi connectivity index (χ0) is 21.8. The Hall–Kier alpha value is -0.780. The highest BCUT2D eigenvalue weighted by Crippen LogP contribution is 2.46.